The topological polar surface area (TPSA) is 76.1 Å². The molecule has 9 heteroatoms. The highest BCUT2D eigenvalue weighted by molar-refractivity contribution is 5.94. The maximum atomic E-state index is 12.3. The van der Waals surface area contributed by atoms with Gasteiger partial charge < -0.3 is 19.5 Å². The highest BCUT2D eigenvalue weighted by Gasteiger charge is 2.33. The first-order valence-corrected chi connectivity index (χ1v) is 6.69. The van der Waals surface area contributed by atoms with E-state index in [4.69, 9.17) is 9.84 Å². The van der Waals surface area contributed by atoms with Crippen molar-refractivity contribution in [1.82, 2.24) is 4.90 Å². The molecule has 1 fully saturated rings. The Morgan fingerprint density at radius 1 is 1.26 bits per heavy atom. The van der Waals surface area contributed by atoms with Crippen LogP contribution in [-0.4, -0.2) is 53.5 Å². The molecule has 1 N–H and O–H groups in total. The van der Waals surface area contributed by atoms with Gasteiger partial charge in [-0.1, -0.05) is 0 Å². The van der Waals surface area contributed by atoms with Crippen LogP contribution >= 0.6 is 0 Å². The molecule has 1 amide bonds. The molecular formula is C14H14F3NO5. The third-order valence-electron chi connectivity index (χ3n) is 3.16. The summed E-state index contributed by atoms with van der Waals surface area (Å²) in [6.45, 7) is 1.71. The van der Waals surface area contributed by atoms with Gasteiger partial charge in [0.05, 0.1) is 12.6 Å². The van der Waals surface area contributed by atoms with Crippen molar-refractivity contribution >= 4 is 11.9 Å². The molecule has 0 spiro atoms. The molecule has 0 aromatic heterocycles. The van der Waals surface area contributed by atoms with Gasteiger partial charge in [-0.05, 0) is 31.2 Å². The molecule has 0 saturated carbocycles. The smallest absolute Gasteiger partial charge is 0.479 e. The molecule has 2 rings (SSSR count). The number of hydrogen-bond donors (Lipinski definition) is 1. The van der Waals surface area contributed by atoms with Crippen molar-refractivity contribution in [3.8, 4) is 5.75 Å². The Morgan fingerprint density at radius 3 is 2.39 bits per heavy atom. The lowest BCUT2D eigenvalue weighted by Gasteiger charge is -2.35. The van der Waals surface area contributed by atoms with Gasteiger partial charge >= 0.3 is 12.3 Å². The molecule has 1 heterocycles. The van der Waals surface area contributed by atoms with Crippen LogP contribution in [-0.2, 0) is 9.53 Å². The normalized spacial score (nSPS) is 21.8. The fraction of sp³-hybridized carbons (Fsp3) is 0.429. The van der Waals surface area contributed by atoms with E-state index in [1.165, 1.54) is 17.0 Å². The number of ether oxygens (including phenoxy) is 2. The lowest BCUT2D eigenvalue weighted by atomic mass is 10.1. The van der Waals surface area contributed by atoms with E-state index in [-0.39, 0.29) is 18.7 Å². The second kappa shape index (κ2) is 6.45. The van der Waals surface area contributed by atoms with Gasteiger partial charge in [-0.15, -0.1) is 13.2 Å². The van der Waals surface area contributed by atoms with Crippen molar-refractivity contribution in [3.63, 3.8) is 0 Å². The van der Waals surface area contributed by atoms with Crippen LogP contribution in [0.4, 0.5) is 13.2 Å². The van der Waals surface area contributed by atoms with Gasteiger partial charge in [0.25, 0.3) is 5.91 Å². The van der Waals surface area contributed by atoms with Gasteiger partial charge in [0.1, 0.15) is 5.75 Å². The number of benzene rings is 1. The summed E-state index contributed by atoms with van der Waals surface area (Å²) in [6, 6.07) is 4.44. The first-order valence-electron chi connectivity index (χ1n) is 6.69. The number of carbonyl (C=O) groups excluding carboxylic acids is 1. The van der Waals surface area contributed by atoms with E-state index in [1.54, 1.807) is 6.92 Å². The Kier molecular flexibility index (Phi) is 4.79. The Balaban J connectivity index is 2.09. The number of hydrogen-bond acceptors (Lipinski definition) is 4. The zero-order valence-electron chi connectivity index (χ0n) is 12.0. The number of alkyl halides is 3. The van der Waals surface area contributed by atoms with Crippen LogP contribution < -0.4 is 4.74 Å². The molecule has 0 aliphatic carbocycles. The van der Waals surface area contributed by atoms with Gasteiger partial charge in [0, 0.05) is 12.1 Å². The fourth-order valence-corrected chi connectivity index (χ4v) is 2.24. The molecule has 23 heavy (non-hydrogen) atoms. The third-order valence-corrected chi connectivity index (χ3v) is 3.16. The summed E-state index contributed by atoms with van der Waals surface area (Å²) in [5, 5.41) is 8.98. The van der Waals surface area contributed by atoms with Crippen LogP contribution in [0, 0.1) is 0 Å². The number of carbonyl (C=O) groups is 2. The fourth-order valence-electron chi connectivity index (χ4n) is 2.24. The first-order chi connectivity index (χ1) is 10.7. The van der Waals surface area contributed by atoms with E-state index in [9.17, 15) is 22.8 Å². The third kappa shape index (κ3) is 4.59. The molecule has 1 aliphatic heterocycles. The van der Waals surface area contributed by atoms with E-state index in [1.807, 2.05) is 0 Å². The van der Waals surface area contributed by atoms with Crippen molar-refractivity contribution in [2.45, 2.75) is 25.5 Å². The summed E-state index contributed by atoms with van der Waals surface area (Å²) in [5.74, 6) is -2.10. The summed E-state index contributed by atoms with van der Waals surface area (Å²) in [4.78, 5) is 24.6. The molecular weight excluding hydrogens is 319 g/mol. The number of carboxylic acids is 1. The van der Waals surface area contributed by atoms with Gasteiger partial charge in [-0.3, -0.25) is 4.79 Å². The minimum absolute atomic E-state index is 0.126. The summed E-state index contributed by atoms with van der Waals surface area (Å²) < 4.78 is 45.2. The van der Waals surface area contributed by atoms with E-state index in [2.05, 4.69) is 4.74 Å². The number of nitrogens with zero attached hydrogens (tertiary/aromatic N) is 1. The predicted octanol–water partition coefficient (Wildman–Crippen LogP) is 1.90. The van der Waals surface area contributed by atoms with E-state index in [0.29, 0.717) is 0 Å². The Labute approximate surface area is 129 Å². The predicted molar refractivity (Wildman–Crippen MR) is 71.0 cm³/mol. The Hall–Kier alpha value is -2.29. The zero-order chi connectivity index (χ0) is 17.2. The number of morpholine rings is 1. The first kappa shape index (κ1) is 17.1. The number of amides is 1. The average molecular weight is 333 g/mol. The highest BCUT2D eigenvalue weighted by atomic mass is 19.4. The van der Waals surface area contributed by atoms with E-state index in [0.717, 1.165) is 12.1 Å². The molecule has 126 valence electrons. The van der Waals surface area contributed by atoms with Crippen molar-refractivity contribution in [2.75, 3.05) is 13.1 Å². The lowest BCUT2D eigenvalue weighted by Crippen LogP contribution is -2.51. The second-order valence-corrected chi connectivity index (χ2v) is 5.06. The molecule has 2 atom stereocenters. The number of aliphatic carboxylic acids is 1. The maximum absolute atomic E-state index is 12.3. The van der Waals surface area contributed by atoms with E-state index < -0.39 is 36.2 Å². The van der Waals surface area contributed by atoms with Gasteiger partial charge in [-0.2, -0.15) is 0 Å². The zero-order valence-corrected chi connectivity index (χ0v) is 12.0. The van der Waals surface area contributed by atoms with Gasteiger partial charge in [0.15, 0.2) is 6.10 Å². The van der Waals surface area contributed by atoms with Crippen molar-refractivity contribution in [2.24, 2.45) is 0 Å². The van der Waals surface area contributed by atoms with Crippen molar-refractivity contribution in [3.05, 3.63) is 29.8 Å². The quantitative estimate of drug-likeness (QED) is 0.914. The molecule has 1 saturated heterocycles. The SMILES string of the molecule is C[C@@H]1CN(C(=O)c2ccc(OC(F)(F)F)cc2)CC(C(=O)O)O1. The summed E-state index contributed by atoms with van der Waals surface area (Å²) in [5.41, 5.74) is 0.137. The summed E-state index contributed by atoms with van der Waals surface area (Å²) in [7, 11) is 0. The van der Waals surface area contributed by atoms with Crippen molar-refractivity contribution < 1.29 is 37.3 Å². The maximum Gasteiger partial charge on any atom is 0.573 e. The van der Waals surface area contributed by atoms with Crippen LogP contribution in [0.15, 0.2) is 24.3 Å². The summed E-state index contributed by atoms with van der Waals surface area (Å²) in [6.07, 6.45) is -6.39. The van der Waals surface area contributed by atoms with Crippen LogP contribution in [0.25, 0.3) is 0 Å². The molecule has 1 aromatic carbocycles. The molecule has 0 radical (unpaired) electrons. The van der Waals surface area contributed by atoms with Gasteiger partial charge in [-0.25, -0.2) is 4.79 Å². The molecule has 1 unspecified atom stereocenters. The van der Waals surface area contributed by atoms with Crippen molar-refractivity contribution in [1.29, 1.82) is 0 Å². The number of halogens is 3. The van der Waals surface area contributed by atoms with Crippen LogP contribution in [0.1, 0.15) is 17.3 Å². The van der Waals surface area contributed by atoms with E-state index >= 15 is 0 Å². The second-order valence-electron chi connectivity index (χ2n) is 5.06. The number of carboxylic acid groups (broad SMARTS) is 1. The number of rotatable bonds is 3. The van der Waals surface area contributed by atoms with Crippen LogP contribution in [0.5, 0.6) is 5.75 Å². The standard InChI is InChI=1S/C14H14F3NO5/c1-8-6-18(7-11(22-8)13(20)21)12(19)9-2-4-10(5-3-9)23-14(15,16)17/h2-5,8,11H,6-7H2,1H3,(H,20,21)/t8-,11?/m1/s1. The lowest BCUT2D eigenvalue weighted by molar-refractivity contribution is -0.274. The molecule has 6 nitrogen and oxygen atoms in total. The largest absolute Gasteiger partial charge is 0.573 e. The van der Waals surface area contributed by atoms with Crippen LogP contribution in [0.3, 0.4) is 0 Å². The Morgan fingerprint density at radius 2 is 1.87 bits per heavy atom. The van der Waals surface area contributed by atoms with Crippen LogP contribution in [0.2, 0.25) is 0 Å². The highest BCUT2D eigenvalue weighted by Crippen LogP contribution is 2.23. The molecule has 1 aliphatic rings. The monoisotopic (exact) mass is 333 g/mol. The average Bonchev–Trinajstić information content (AvgIpc) is 2.45. The minimum Gasteiger partial charge on any atom is -0.479 e. The Bertz CT molecular complexity index is 587. The minimum atomic E-state index is -4.81. The molecule has 1 aromatic rings. The van der Waals surface area contributed by atoms with Gasteiger partial charge in [0.2, 0.25) is 0 Å². The molecule has 0 bridgehead atoms. The summed E-state index contributed by atoms with van der Waals surface area (Å²) >= 11 is 0.